The zero-order valence-electron chi connectivity index (χ0n) is 11.0. The summed E-state index contributed by atoms with van der Waals surface area (Å²) in [6.07, 6.45) is -6.33. The molecule has 10 nitrogen and oxygen atoms in total. The molecule has 7 N–H and O–H groups in total. The van der Waals surface area contributed by atoms with Crippen LogP contribution in [0.4, 0.5) is 0 Å². The monoisotopic (exact) mass is 309 g/mol. The van der Waals surface area contributed by atoms with E-state index in [0.717, 1.165) is 0 Å². The van der Waals surface area contributed by atoms with Crippen LogP contribution in [-0.2, 0) is 14.4 Å². The van der Waals surface area contributed by atoms with E-state index in [-0.39, 0.29) is 6.42 Å². The Labute approximate surface area is 119 Å². The number of carboxylic acids is 2. The van der Waals surface area contributed by atoms with Crippen LogP contribution in [0, 0.1) is 0 Å². The third kappa shape index (κ3) is 7.11. The number of rotatable bonds is 11. The first-order valence-corrected chi connectivity index (χ1v) is 6.06. The molecule has 10 heteroatoms. The van der Waals surface area contributed by atoms with Crippen molar-refractivity contribution >= 4 is 17.7 Å². The Bertz CT molecular complexity index is 373. The van der Waals surface area contributed by atoms with Crippen molar-refractivity contribution in [1.29, 1.82) is 0 Å². The second-order valence-corrected chi connectivity index (χ2v) is 4.36. The summed E-state index contributed by atoms with van der Waals surface area (Å²) in [6, 6.07) is -1.31. The zero-order chi connectivity index (χ0) is 16.6. The quantitative estimate of drug-likeness (QED) is 0.202. The number of carbonyl (C=O) groups excluding carboxylic acids is 1. The van der Waals surface area contributed by atoms with Crippen molar-refractivity contribution < 1.29 is 45.0 Å². The molecule has 0 saturated heterocycles. The molecule has 122 valence electrons. The van der Waals surface area contributed by atoms with Gasteiger partial charge in [0.25, 0.3) is 0 Å². The highest BCUT2D eigenvalue weighted by atomic mass is 16.4. The molecule has 0 aliphatic carbocycles. The summed E-state index contributed by atoms with van der Waals surface area (Å²) in [4.78, 5) is 32.7. The maximum Gasteiger partial charge on any atom is 0.320 e. The number of nitrogens with one attached hydrogen (secondary N) is 1. The van der Waals surface area contributed by atoms with E-state index < -0.39 is 61.6 Å². The van der Waals surface area contributed by atoms with Gasteiger partial charge in [-0.25, -0.2) is 0 Å². The maximum atomic E-state index is 11.5. The molecule has 0 radical (unpaired) electrons. The standard InChI is InChI=1S/C11H19NO9/c13-4-7(15)10(19)9(18)6(14)3-12-5(11(20)21)1-2-8(16)17/h5,7,9-10,12-13,15,18-19H,1-4H2,(H,16,17)(H,20,21)/t5-,7+,9+,10-/m1/s1. The lowest BCUT2D eigenvalue weighted by Gasteiger charge is -2.21. The first-order valence-electron chi connectivity index (χ1n) is 6.06. The van der Waals surface area contributed by atoms with Crippen molar-refractivity contribution in [2.24, 2.45) is 0 Å². The summed E-state index contributed by atoms with van der Waals surface area (Å²) in [6.45, 7) is -1.51. The summed E-state index contributed by atoms with van der Waals surface area (Å²) >= 11 is 0. The Morgan fingerprint density at radius 2 is 1.62 bits per heavy atom. The molecule has 0 aromatic carbocycles. The average Bonchev–Trinajstić information content (AvgIpc) is 2.43. The van der Waals surface area contributed by atoms with Gasteiger partial charge in [0.15, 0.2) is 5.78 Å². The fraction of sp³-hybridized carbons (Fsp3) is 0.727. The van der Waals surface area contributed by atoms with Crippen molar-refractivity contribution in [2.45, 2.75) is 37.2 Å². The van der Waals surface area contributed by atoms with Gasteiger partial charge in [-0.15, -0.1) is 0 Å². The predicted octanol–water partition coefficient (Wildman–Crippen LogP) is -3.46. The SMILES string of the molecule is O=C(O)CC[C@@H](NCC(=O)[C@H](O)[C@H](O)[C@@H](O)CO)C(=O)O. The van der Waals surface area contributed by atoms with Crippen molar-refractivity contribution in [3.8, 4) is 0 Å². The van der Waals surface area contributed by atoms with E-state index in [0.29, 0.717) is 0 Å². The molecule has 0 bridgehead atoms. The van der Waals surface area contributed by atoms with Crippen molar-refractivity contribution in [1.82, 2.24) is 5.32 Å². The molecule has 0 fully saturated rings. The van der Waals surface area contributed by atoms with Crippen LogP contribution >= 0.6 is 0 Å². The van der Waals surface area contributed by atoms with Crippen molar-refractivity contribution in [2.75, 3.05) is 13.2 Å². The lowest BCUT2D eigenvalue weighted by Crippen LogP contribution is -2.48. The third-order valence-corrected chi connectivity index (χ3v) is 2.70. The maximum absolute atomic E-state index is 11.5. The minimum absolute atomic E-state index is 0.268. The van der Waals surface area contributed by atoms with E-state index in [1.54, 1.807) is 0 Å². The number of Topliss-reactive ketones (excluding diaryl/α,β-unsaturated/α-hetero) is 1. The van der Waals surface area contributed by atoms with Gasteiger partial charge in [-0.1, -0.05) is 0 Å². The number of aliphatic carboxylic acids is 2. The Hall–Kier alpha value is -1.59. The van der Waals surface area contributed by atoms with E-state index >= 15 is 0 Å². The Morgan fingerprint density at radius 3 is 2.05 bits per heavy atom. The van der Waals surface area contributed by atoms with Crippen LogP contribution in [0.1, 0.15) is 12.8 Å². The number of hydrogen-bond acceptors (Lipinski definition) is 8. The van der Waals surface area contributed by atoms with Gasteiger partial charge in [0.2, 0.25) is 0 Å². The smallest absolute Gasteiger partial charge is 0.320 e. The van der Waals surface area contributed by atoms with E-state index in [1.165, 1.54) is 0 Å². The lowest BCUT2D eigenvalue weighted by molar-refractivity contribution is -0.142. The fourth-order valence-corrected chi connectivity index (χ4v) is 1.42. The normalized spacial score (nSPS) is 16.8. The Kier molecular flexibility index (Phi) is 8.66. The number of aliphatic hydroxyl groups is 4. The molecule has 0 aromatic heterocycles. The number of hydrogen-bond donors (Lipinski definition) is 7. The van der Waals surface area contributed by atoms with Crippen LogP contribution in [0.25, 0.3) is 0 Å². The second kappa shape index (κ2) is 9.37. The van der Waals surface area contributed by atoms with Crippen LogP contribution in [0.15, 0.2) is 0 Å². The summed E-state index contributed by atoms with van der Waals surface area (Å²) in [5.74, 6) is -3.57. The topological polar surface area (TPSA) is 185 Å². The molecule has 0 amide bonds. The summed E-state index contributed by atoms with van der Waals surface area (Å²) in [5.41, 5.74) is 0. The Morgan fingerprint density at radius 1 is 1.05 bits per heavy atom. The van der Waals surface area contributed by atoms with E-state index in [9.17, 15) is 24.6 Å². The summed E-state index contributed by atoms with van der Waals surface area (Å²) in [5, 5.41) is 55.9. The van der Waals surface area contributed by atoms with Gasteiger partial charge in [0.05, 0.1) is 13.2 Å². The molecule has 0 rings (SSSR count). The highest BCUT2D eigenvalue weighted by Gasteiger charge is 2.30. The van der Waals surface area contributed by atoms with Gasteiger partial charge in [0.1, 0.15) is 24.4 Å². The third-order valence-electron chi connectivity index (χ3n) is 2.70. The molecule has 0 aromatic rings. The molecular weight excluding hydrogens is 290 g/mol. The van der Waals surface area contributed by atoms with Crippen LogP contribution in [-0.4, -0.2) is 85.9 Å². The molecule has 0 aliphatic heterocycles. The zero-order valence-corrected chi connectivity index (χ0v) is 11.0. The number of aliphatic hydroxyl groups excluding tert-OH is 4. The van der Waals surface area contributed by atoms with Gasteiger partial charge in [0, 0.05) is 6.42 Å². The summed E-state index contributed by atoms with van der Waals surface area (Å²) in [7, 11) is 0. The molecule has 0 aliphatic rings. The van der Waals surface area contributed by atoms with Crippen LogP contribution < -0.4 is 5.32 Å². The number of carbonyl (C=O) groups is 3. The molecule has 4 atom stereocenters. The van der Waals surface area contributed by atoms with Crippen LogP contribution in [0.2, 0.25) is 0 Å². The number of carboxylic acid groups (broad SMARTS) is 2. The van der Waals surface area contributed by atoms with E-state index in [2.05, 4.69) is 5.32 Å². The summed E-state index contributed by atoms with van der Waals surface area (Å²) < 4.78 is 0. The minimum atomic E-state index is -2.01. The molecule has 0 spiro atoms. The molecule has 21 heavy (non-hydrogen) atoms. The van der Waals surface area contributed by atoms with Gasteiger partial charge in [-0.2, -0.15) is 0 Å². The van der Waals surface area contributed by atoms with Gasteiger partial charge < -0.3 is 30.6 Å². The predicted molar refractivity (Wildman–Crippen MR) is 66.4 cm³/mol. The van der Waals surface area contributed by atoms with Gasteiger partial charge in [-0.05, 0) is 6.42 Å². The first-order chi connectivity index (χ1) is 9.70. The van der Waals surface area contributed by atoms with Crippen molar-refractivity contribution in [3.05, 3.63) is 0 Å². The van der Waals surface area contributed by atoms with E-state index in [1.807, 2.05) is 0 Å². The second-order valence-electron chi connectivity index (χ2n) is 4.36. The fourth-order valence-electron chi connectivity index (χ4n) is 1.42. The molecular formula is C11H19NO9. The van der Waals surface area contributed by atoms with Gasteiger partial charge >= 0.3 is 11.9 Å². The largest absolute Gasteiger partial charge is 0.481 e. The minimum Gasteiger partial charge on any atom is -0.481 e. The van der Waals surface area contributed by atoms with Crippen molar-refractivity contribution in [3.63, 3.8) is 0 Å². The molecule has 0 unspecified atom stereocenters. The van der Waals surface area contributed by atoms with Crippen LogP contribution in [0.3, 0.4) is 0 Å². The van der Waals surface area contributed by atoms with Crippen LogP contribution in [0.5, 0.6) is 0 Å². The Balaban J connectivity index is 4.41. The first kappa shape index (κ1) is 19.4. The average molecular weight is 309 g/mol. The van der Waals surface area contributed by atoms with E-state index in [4.69, 9.17) is 20.4 Å². The highest BCUT2D eigenvalue weighted by molar-refractivity contribution is 5.86. The number of ketones is 1. The molecule has 0 saturated carbocycles. The van der Waals surface area contributed by atoms with Gasteiger partial charge in [-0.3, -0.25) is 19.7 Å². The lowest BCUT2D eigenvalue weighted by atomic mass is 10.0. The highest BCUT2D eigenvalue weighted by Crippen LogP contribution is 2.02. The molecule has 0 heterocycles.